The molecule has 1 saturated heterocycles. The molecule has 4 rings (SSSR count). The van der Waals surface area contributed by atoms with Crippen LogP contribution < -0.4 is 14.4 Å². The van der Waals surface area contributed by atoms with Gasteiger partial charge in [0, 0.05) is 49.5 Å². The number of carbonyl (C=O) groups is 1. The third-order valence-electron chi connectivity index (χ3n) is 4.98. The van der Waals surface area contributed by atoms with E-state index in [1.54, 1.807) is 32.7 Å². The average Bonchev–Trinajstić information content (AvgIpc) is 3.27. The van der Waals surface area contributed by atoms with E-state index in [-0.39, 0.29) is 5.91 Å². The first-order valence-corrected chi connectivity index (χ1v) is 10.5. The van der Waals surface area contributed by atoms with E-state index < -0.39 is 0 Å². The van der Waals surface area contributed by atoms with Crippen LogP contribution in [-0.2, 0) is 11.2 Å². The van der Waals surface area contributed by atoms with Crippen LogP contribution in [0.4, 0.5) is 5.95 Å². The van der Waals surface area contributed by atoms with Gasteiger partial charge in [0.15, 0.2) is 11.5 Å². The van der Waals surface area contributed by atoms with E-state index in [4.69, 9.17) is 9.47 Å². The Bertz CT molecular complexity index is 1000. The lowest BCUT2D eigenvalue weighted by Gasteiger charge is -2.34. The maximum Gasteiger partial charge on any atom is 0.228 e. The molecule has 9 heteroatoms. The van der Waals surface area contributed by atoms with Gasteiger partial charge in [-0.3, -0.25) is 4.79 Å². The summed E-state index contributed by atoms with van der Waals surface area (Å²) in [5, 5.41) is 2.79. The zero-order valence-electron chi connectivity index (χ0n) is 16.9. The summed E-state index contributed by atoms with van der Waals surface area (Å²) in [5.74, 6) is 2.13. The van der Waals surface area contributed by atoms with E-state index in [1.165, 1.54) is 11.3 Å². The molecule has 2 aromatic heterocycles. The number of piperazine rings is 1. The monoisotopic (exact) mass is 425 g/mol. The highest BCUT2D eigenvalue weighted by Crippen LogP contribution is 2.33. The van der Waals surface area contributed by atoms with Crippen molar-refractivity contribution in [3.8, 4) is 22.1 Å². The standard InChI is InChI=1S/C21H23N5O3S/c1-28-17-5-4-15(12-18(17)29-2)20-24-16(14-30-20)13-19(27)25-8-10-26(11-9-25)21-22-6-3-7-23-21/h3-7,12,14H,8-11,13H2,1-2H3. The van der Waals surface area contributed by atoms with Crippen molar-refractivity contribution in [2.45, 2.75) is 6.42 Å². The van der Waals surface area contributed by atoms with Gasteiger partial charge in [-0.15, -0.1) is 11.3 Å². The molecule has 1 fully saturated rings. The molecule has 3 heterocycles. The number of carbonyl (C=O) groups excluding carboxylic acids is 1. The fraction of sp³-hybridized carbons (Fsp3) is 0.333. The third-order valence-corrected chi connectivity index (χ3v) is 5.92. The van der Waals surface area contributed by atoms with Crippen molar-refractivity contribution in [1.82, 2.24) is 19.9 Å². The summed E-state index contributed by atoms with van der Waals surface area (Å²) >= 11 is 1.52. The Morgan fingerprint density at radius 3 is 2.50 bits per heavy atom. The molecule has 0 atom stereocenters. The van der Waals surface area contributed by atoms with Gasteiger partial charge in [-0.25, -0.2) is 15.0 Å². The van der Waals surface area contributed by atoms with E-state index in [0.717, 1.165) is 29.4 Å². The van der Waals surface area contributed by atoms with Gasteiger partial charge in [0.1, 0.15) is 5.01 Å². The number of hydrogen-bond donors (Lipinski definition) is 0. The summed E-state index contributed by atoms with van der Waals surface area (Å²) < 4.78 is 10.7. The molecular formula is C21H23N5O3S. The van der Waals surface area contributed by atoms with E-state index in [1.807, 2.05) is 28.5 Å². The fourth-order valence-electron chi connectivity index (χ4n) is 3.37. The normalized spacial score (nSPS) is 13.9. The van der Waals surface area contributed by atoms with Gasteiger partial charge in [0.2, 0.25) is 11.9 Å². The quantitative estimate of drug-likeness (QED) is 0.600. The van der Waals surface area contributed by atoms with Crippen LogP contribution in [0.5, 0.6) is 11.5 Å². The van der Waals surface area contributed by atoms with Crippen molar-refractivity contribution in [2.24, 2.45) is 0 Å². The molecule has 0 aliphatic carbocycles. The molecule has 1 amide bonds. The first kappa shape index (κ1) is 20.1. The number of rotatable bonds is 6. The Balaban J connectivity index is 1.37. The van der Waals surface area contributed by atoms with Crippen molar-refractivity contribution in [1.29, 1.82) is 0 Å². The van der Waals surface area contributed by atoms with Crippen LogP contribution in [-0.4, -0.2) is 66.2 Å². The minimum atomic E-state index is 0.0905. The number of benzene rings is 1. The Morgan fingerprint density at radius 1 is 1.07 bits per heavy atom. The van der Waals surface area contributed by atoms with Crippen LogP contribution in [0.1, 0.15) is 5.69 Å². The van der Waals surface area contributed by atoms with E-state index in [2.05, 4.69) is 19.9 Å². The lowest BCUT2D eigenvalue weighted by molar-refractivity contribution is -0.130. The number of hydrogen-bond acceptors (Lipinski definition) is 8. The predicted molar refractivity (Wildman–Crippen MR) is 115 cm³/mol. The molecular weight excluding hydrogens is 402 g/mol. The molecule has 0 spiro atoms. The topological polar surface area (TPSA) is 80.7 Å². The minimum absolute atomic E-state index is 0.0905. The van der Waals surface area contributed by atoms with Gasteiger partial charge >= 0.3 is 0 Å². The van der Waals surface area contributed by atoms with Gasteiger partial charge in [-0.2, -0.15) is 0 Å². The van der Waals surface area contributed by atoms with E-state index >= 15 is 0 Å². The highest BCUT2D eigenvalue weighted by molar-refractivity contribution is 7.13. The molecule has 3 aromatic rings. The van der Waals surface area contributed by atoms with Crippen LogP contribution in [0.15, 0.2) is 42.0 Å². The van der Waals surface area contributed by atoms with Crippen LogP contribution in [0.2, 0.25) is 0 Å². The van der Waals surface area contributed by atoms with E-state index in [9.17, 15) is 4.79 Å². The third kappa shape index (κ3) is 4.35. The molecule has 1 aromatic carbocycles. The summed E-state index contributed by atoms with van der Waals surface area (Å²) in [5.41, 5.74) is 1.72. The van der Waals surface area contributed by atoms with Crippen LogP contribution in [0, 0.1) is 0 Å². The first-order chi connectivity index (χ1) is 14.7. The zero-order valence-corrected chi connectivity index (χ0v) is 17.8. The molecule has 156 valence electrons. The largest absolute Gasteiger partial charge is 0.493 e. The second-order valence-corrected chi connectivity index (χ2v) is 7.67. The maximum absolute atomic E-state index is 12.7. The minimum Gasteiger partial charge on any atom is -0.493 e. The molecule has 1 aliphatic heterocycles. The van der Waals surface area contributed by atoms with Gasteiger partial charge in [0.25, 0.3) is 0 Å². The SMILES string of the molecule is COc1ccc(-c2nc(CC(=O)N3CCN(c4ncccn4)CC3)cs2)cc1OC. The number of thiazole rings is 1. The molecule has 0 saturated carbocycles. The van der Waals surface area contributed by atoms with Gasteiger partial charge in [-0.05, 0) is 24.3 Å². The van der Waals surface area contributed by atoms with E-state index in [0.29, 0.717) is 37.0 Å². The number of ether oxygens (including phenoxy) is 2. The Hall–Kier alpha value is -3.20. The number of nitrogens with zero attached hydrogens (tertiary/aromatic N) is 5. The highest BCUT2D eigenvalue weighted by Gasteiger charge is 2.23. The maximum atomic E-state index is 12.7. The summed E-state index contributed by atoms with van der Waals surface area (Å²) in [7, 11) is 3.22. The average molecular weight is 426 g/mol. The lowest BCUT2D eigenvalue weighted by atomic mass is 10.2. The van der Waals surface area contributed by atoms with Crippen molar-refractivity contribution in [2.75, 3.05) is 45.3 Å². The van der Waals surface area contributed by atoms with Gasteiger partial charge in [0.05, 0.1) is 26.3 Å². The van der Waals surface area contributed by atoms with Crippen LogP contribution in [0.3, 0.4) is 0 Å². The van der Waals surface area contributed by atoms with Crippen molar-refractivity contribution >= 4 is 23.2 Å². The Kier molecular flexibility index (Phi) is 6.08. The second kappa shape index (κ2) is 9.08. The number of amides is 1. The van der Waals surface area contributed by atoms with Crippen LogP contribution in [0.25, 0.3) is 10.6 Å². The smallest absolute Gasteiger partial charge is 0.228 e. The molecule has 0 bridgehead atoms. The first-order valence-electron chi connectivity index (χ1n) is 9.64. The summed E-state index contributed by atoms with van der Waals surface area (Å²) in [4.78, 5) is 29.9. The van der Waals surface area contributed by atoms with Crippen molar-refractivity contribution in [3.63, 3.8) is 0 Å². The fourth-order valence-corrected chi connectivity index (χ4v) is 4.18. The van der Waals surface area contributed by atoms with Crippen molar-refractivity contribution in [3.05, 3.63) is 47.7 Å². The van der Waals surface area contributed by atoms with Gasteiger partial charge < -0.3 is 19.3 Å². The molecule has 0 radical (unpaired) electrons. The molecule has 0 unspecified atom stereocenters. The number of aromatic nitrogens is 3. The number of anilines is 1. The van der Waals surface area contributed by atoms with Crippen molar-refractivity contribution < 1.29 is 14.3 Å². The highest BCUT2D eigenvalue weighted by atomic mass is 32.1. The summed E-state index contributed by atoms with van der Waals surface area (Å²) in [6.45, 7) is 2.76. The molecule has 30 heavy (non-hydrogen) atoms. The lowest BCUT2D eigenvalue weighted by Crippen LogP contribution is -2.49. The molecule has 0 N–H and O–H groups in total. The number of methoxy groups -OCH3 is 2. The van der Waals surface area contributed by atoms with Gasteiger partial charge in [-0.1, -0.05) is 0 Å². The summed E-state index contributed by atoms with van der Waals surface area (Å²) in [6.07, 6.45) is 3.77. The predicted octanol–water partition coefficient (Wildman–Crippen LogP) is 2.51. The Labute approximate surface area is 179 Å². The Morgan fingerprint density at radius 2 is 1.80 bits per heavy atom. The summed E-state index contributed by atoms with van der Waals surface area (Å²) in [6, 6.07) is 7.49. The molecule has 8 nitrogen and oxygen atoms in total. The van der Waals surface area contributed by atoms with Crippen LogP contribution >= 0.6 is 11.3 Å². The molecule has 1 aliphatic rings. The zero-order chi connectivity index (χ0) is 20.9. The second-order valence-electron chi connectivity index (χ2n) is 6.81.